The molecule has 1 aliphatic heterocycles. The quantitative estimate of drug-likeness (QED) is 0.0282. The molecule has 2 unspecified atom stereocenters. The van der Waals surface area contributed by atoms with Gasteiger partial charge >= 0.3 is 59.8 Å². The topological polar surface area (TPSA) is 585 Å². The van der Waals surface area contributed by atoms with E-state index in [1.54, 1.807) is 0 Å². The normalized spacial score (nSPS) is 15.3. The van der Waals surface area contributed by atoms with Gasteiger partial charge in [-0.2, -0.15) is 0 Å². The fourth-order valence-corrected chi connectivity index (χ4v) is 11.3. The van der Waals surface area contributed by atoms with E-state index in [2.05, 4.69) is 31.9 Å². The number of rotatable bonds is 46. The molecule has 0 radical (unpaired) electrons. The summed E-state index contributed by atoms with van der Waals surface area (Å²) in [5.41, 5.74) is 1.16. The molecule has 38 nitrogen and oxygen atoms in total. The number of carboxylic acid groups (broad SMARTS) is 9. The maximum Gasteiger partial charge on any atom is 0.326 e. The van der Waals surface area contributed by atoms with E-state index in [-0.39, 0.29) is 142 Å². The van der Waals surface area contributed by atoms with Gasteiger partial charge < -0.3 is 93.6 Å². The Morgan fingerprint density at radius 2 is 0.783 bits per heavy atom. The highest BCUT2D eigenvalue weighted by Gasteiger charge is 2.34. The van der Waals surface area contributed by atoms with Crippen LogP contribution in [0.2, 0.25) is 0 Å². The van der Waals surface area contributed by atoms with Crippen molar-refractivity contribution in [2.45, 2.75) is 145 Å². The number of aliphatic carboxylic acids is 9. The molecular formula is C68H94N12O26. The highest BCUT2D eigenvalue weighted by atomic mass is 16.4. The summed E-state index contributed by atoms with van der Waals surface area (Å²) in [7, 11) is 0. The number of hydrogen-bond acceptors (Lipinski definition) is 21. The molecule has 0 aromatic heterocycles. The molecule has 0 spiro atoms. The molecule has 1 fully saturated rings. The molecule has 1 saturated heterocycles. The number of phenolic OH excluding ortho intramolecular Hbond substituents is 1. The Morgan fingerprint density at radius 3 is 1.28 bits per heavy atom. The van der Waals surface area contributed by atoms with Crippen LogP contribution in [-0.2, 0) is 84.8 Å². The predicted octanol–water partition coefficient (Wildman–Crippen LogP) is -1.65. The zero-order valence-corrected chi connectivity index (χ0v) is 58.2. The summed E-state index contributed by atoms with van der Waals surface area (Å²) in [6.45, 7) is -1.38. The third-order valence-corrected chi connectivity index (χ3v) is 17.1. The van der Waals surface area contributed by atoms with Crippen molar-refractivity contribution in [2.75, 3.05) is 85.1 Å². The number of amides is 8. The standard InChI is InChI=1S/C68H94N12O26/c81-45-15-11-42(12-16-45)37-51(72-56(85)22-20-52(67(104)105)80-34-32-78(39-59(90)91)30-28-77(38-58(88)89)29-31-79(33-35-80)40-60(92)93)62(95)73-46(17-13-41-10-14-43-6-1-2-7-44(43)36-41)61(94)74-48(64(98)99)8-3-4-26-69-53(82)23-24-54(83)70-27-5-9-47(63(96)97)71-55(84)21-18-49(65(100)101)75-68(106)76-50(66(102)103)19-25-57(86)87/h1-2,6-7,10-12,14-16,36,46-52,81H,3-5,8-9,13,17-35,37-40H2,(H,69,82)(H,70,83)(H,71,84)(H,72,85)(H,73,95)(H,74,94)(H,86,87)(H,88,89)(H,90,91)(H,92,93)(H,96,97)(H,98,99)(H,100,101)(H,102,103)(H,104,105)(H2,75,76,106)/t46-,47?,48-,49+,50+,51-,52?/m1/s1. The average Bonchev–Trinajstić information content (AvgIpc) is 0.844. The van der Waals surface area contributed by atoms with Gasteiger partial charge in [0.05, 0.1) is 19.6 Å². The number of unbranched alkanes of at least 4 members (excludes halogenated alkanes) is 1. The number of nitrogens with one attached hydrogen (secondary N) is 8. The van der Waals surface area contributed by atoms with E-state index in [0.29, 0.717) is 5.56 Å². The van der Waals surface area contributed by atoms with Gasteiger partial charge in [0.25, 0.3) is 0 Å². The Morgan fingerprint density at radius 1 is 0.358 bits per heavy atom. The first-order valence-corrected chi connectivity index (χ1v) is 34.2. The highest BCUT2D eigenvalue weighted by molar-refractivity contribution is 5.94. The minimum atomic E-state index is -1.74. The highest BCUT2D eigenvalue weighted by Crippen LogP contribution is 2.19. The van der Waals surface area contributed by atoms with Crippen LogP contribution in [0.3, 0.4) is 0 Å². The number of carbonyl (C=O) groups is 16. The molecule has 1 heterocycles. The van der Waals surface area contributed by atoms with Gasteiger partial charge in [-0.1, -0.05) is 54.6 Å². The van der Waals surface area contributed by atoms with Crippen LogP contribution in [0.15, 0.2) is 66.7 Å². The van der Waals surface area contributed by atoms with E-state index in [1.807, 2.05) is 53.1 Å². The Kier molecular flexibility index (Phi) is 37.8. The Balaban J connectivity index is 1.37. The fourth-order valence-electron chi connectivity index (χ4n) is 11.3. The monoisotopic (exact) mass is 1490 g/mol. The number of aryl methyl sites for hydroxylation is 1. The Hall–Kier alpha value is -11.1. The van der Waals surface area contributed by atoms with E-state index in [9.17, 15) is 123 Å². The minimum Gasteiger partial charge on any atom is -0.508 e. The van der Waals surface area contributed by atoms with Crippen LogP contribution in [-0.4, -0.2) is 293 Å². The van der Waals surface area contributed by atoms with Gasteiger partial charge in [-0.25, -0.2) is 24.0 Å². The van der Waals surface area contributed by atoms with E-state index in [1.165, 1.54) is 43.9 Å². The van der Waals surface area contributed by atoms with Crippen molar-refractivity contribution in [1.29, 1.82) is 0 Å². The molecule has 8 amide bonds. The van der Waals surface area contributed by atoms with Crippen molar-refractivity contribution in [2.24, 2.45) is 0 Å². The second-order valence-electron chi connectivity index (χ2n) is 25.3. The van der Waals surface area contributed by atoms with E-state index < -0.39 is 189 Å². The molecular weight excluding hydrogens is 1400 g/mol. The zero-order valence-electron chi connectivity index (χ0n) is 58.2. The maximum absolute atomic E-state index is 14.6. The number of hydrogen-bond donors (Lipinski definition) is 18. The molecule has 582 valence electrons. The van der Waals surface area contributed by atoms with Gasteiger partial charge in [0.15, 0.2) is 0 Å². The summed E-state index contributed by atoms with van der Waals surface area (Å²) in [6, 6.07) is 6.56. The van der Waals surface area contributed by atoms with Gasteiger partial charge in [0.1, 0.15) is 48.0 Å². The van der Waals surface area contributed by atoms with Gasteiger partial charge in [-0.15, -0.1) is 0 Å². The van der Waals surface area contributed by atoms with Gasteiger partial charge in [0.2, 0.25) is 35.4 Å². The zero-order chi connectivity index (χ0) is 78.4. The summed E-state index contributed by atoms with van der Waals surface area (Å²) in [5.74, 6) is -17.3. The lowest BCUT2D eigenvalue weighted by Crippen LogP contribution is -2.56. The summed E-state index contributed by atoms with van der Waals surface area (Å²) >= 11 is 0. The number of carboxylic acids is 9. The molecule has 3 aromatic carbocycles. The largest absolute Gasteiger partial charge is 0.508 e. The first-order chi connectivity index (χ1) is 50.2. The number of urea groups is 1. The Labute approximate surface area is 607 Å². The molecule has 18 N–H and O–H groups in total. The van der Waals surface area contributed by atoms with Gasteiger partial charge in [-0.3, -0.25) is 72.3 Å². The van der Waals surface area contributed by atoms with Gasteiger partial charge in [-0.05, 0) is 98.2 Å². The van der Waals surface area contributed by atoms with Crippen LogP contribution in [0.1, 0.15) is 101 Å². The van der Waals surface area contributed by atoms with E-state index >= 15 is 0 Å². The van der Waals surface area contributed by atoms with Crippen LogP contribution < -0.4 is 42.5 Å². The van der Waals surface area contributed by atoms with Crippen molar-refractivity contribution in [3.05, 3.63) is 77.9 Å². The molecule has 0 saturated carbocycles. The number of nitrogens with zero attached hydrogens (tertiary/aromatic N) is 4. The summed E-state index contributed by atoms with van der Waals surface area (Å²) < 4.78 is 0. The number of benzene rings is 3. The molecule has 7 atom stereocenters. The lowest BCUT2D eigenvalue weighted by atomic mass is 9.99. The van der Waals surface area contributed by atoms with Crippen LogP contribution in [0, 0.1) is 0 Å². The fraction of sp³-hybridized carbons (Fsp3) is 0.529. The first kappa shape index (κ1) is 87.3. The SMILES string of the molecule is O=C(O)CC[C@H](NC(=O)N[C@@H](CCC(=O)NC(CCCNC(=O)CCC(=O)NCCCC[C@@H](NC(=O)[C@@H](CCc1ccc2ccccc2c1)NC(=O)[C@@H](Cc1ccc(O)cc1)NC(=O)CCC(C(=O)O)N1CCN(CC(=O)O)CCN(CC(=O)O)CCN(CC(=O)O)CC1)C(=O)O)C(=O)O)C(=O)O)C(=O)O. The average molecular weight is 1500 g/mol. The van der Waals surface area contributed by atoms with Crippen LogP contribution in [0.25, 0.3) is 10.8 Å². The van der Waals surface area contributed by atoms with Crippen molar-refractivity contribution < 1.29 is 128 Å². The van der Waals surface area contributed by atoms with E-state index in [0.717, 1.165) is 16.3 Å². The van der Waals surface area contributed by atoms with Crippen LogP contribution in [0.4, 0.5) is 4.79 Å². The molecule has 0 bridgehead atoms. The molecule has 0 aliphatic carbocycles. The lowest BCUT2D eigenvalue weighted by molar-refractivity contribution is -0.145. The molecule has 106 heavy (non-hydrogen) atoms. The summed E-state index contributed by atoms with van der Waals surface area (Å²) in [6.07, 6.45) is -4.02. The number of carbonyl (C=O) groups excluding carboxylic acids is 7. The van der Waals surface area contributed by atoms with Crippen LogP contribution >= 0.6 is 0 Å². The lowest BCUT2D eigenvalue weighted by Gasteiger charge is -2.35. The second kappa shape index (κ2) is 45.9. The van der Waals surface area contributed by atoms with Crippen molar-refractivity contribution in [3.63, 3.8) is 0 Å². The smallest absolute Gasteiger partial charge is 0.326 e. The van der Waals surface area contributed by atoms with Gasteiger partial charge in [0, 0.05) is 104 Å². The summed E-state index contributed by atoms with van der Waals surface area (Å²) in [5, 5.41) is 118. The molecule has 1 aliphatic rings. The third-order valence-electron chi connectivity index (χ3n) is 17.1. The Bertz CT molecular complexity index is 3510. The van der Waals surface area contributed by atoms with E-state index in [4.69, 9.17) is 5.11 Å². The van der Waals surface area contributed by atoms with Crippen LogP contribution in [0.5, 0.6) is 5.75 Å². The minimum absolute atomic E-state index is 0.0101. The molecule has 4 rings (SSSR count). The van der Waals surface area contributed by atoms with Crippen molar-refractivity contribution >= 4 is 106 Å². The first-order valence-electron chi connectivity index (χ1n) is 34.2. The number of phenols is 1. The third kappa shape index (κ3) is 34.4. The van der Waals surface area contributed by atoms with Crippen molar-refractivity contribution in [1.82, 2.24) is 62.1 Å². The predicted molar refractivity (Wildman–Crippen MR) is 370 cm³/mol. The maximum atomic E-state index is 14.6. The van der Waals surface area contributed by atoms with Crippen molar-refractivity contribution in [3.8, 4) is 5.75 Å². The number of aromatic hydroxyl groups is 1. The second-order valence-corrected chi connectivity index (χ2v) is 25.3. The summed E-state index contributed by atoms with van der Waals surface area (Å²) in [4.78, 5) is 207. The molecule has 3 aromatic rings. The molecule has 38 heteroatoms. The number of fused-ring (bicyclic) bond motifs is 1.